The molecule has 1 heterocycles. The van der Waals surface area contributed by atoms with Crippen LogP contribution in [0.2, 0.25) is 0 Å². The second-order valence-corrected chi connectivity index (χ2v) is 11.2. The molecule has 0 radical (unpaired) electrons. The van der Waals surface area contributed by atoms with E-state index < -0.39 is 6.04 Å². The molecular weight excluding hydrogens is 544 g/mol. The van der Waals surface area contributed by atoms with Gasteiger partial charge in [0.25, 0.3) is 0 Å². The molecule has 0 atom stereocenters. The molecule has 0 spiro atoms. The van der Waals surface area contributed by atoms with Gasteiger partial charge in [0.15, 0.2) is 0 Å². The highest BCUT2D eigenvalue weighted by molar-refractivity contribution is 6.23. The van der Waals surface area contributed by atoms with Crippen LogP contribution in [0.25, 0.3) is 88.0 Å². The molecule has 0 saturated heterocycles. The van der Waals surface area contributed by atoms with Gasteiger partial charge in [-0.05, 0) is 84.3 Å². The number of rotatable bonds is 4. The van der Waals surface area contributed by atoms with Crippen molar-refractivity contribution in [3.05, 3.63) is 170 Å². The molecule has 0 bridgehead atoms. The fourth-order valence-corrected chi connectivity index (χ4v) is 6.87. The molecule has 0 fully saturated rings. The minimum atomic E-state index is -0.411. The molecule has 210 valence electrons. The molecule has 0 aliphatic carbocycles. The fourth-order valence-electron chi connectivity index (χ4n) is 6.87. The third-order valence-corrected chi connectivity index (χ3v) is 8.77. The predicted molar refractivity (Wildman–Crippen MR) is 190 cm³/mol. The van der Waals surface area contributed by atoms with Crippen LogP contribution >= 0.6 is 0 Å². The Bertz CT molecular complexity index is 2730. The molecule has 0 aliphatic rings. The minimum Gasteiger partial charge on any atom is -0.456 e. The Morgan fingerprint density at radius 3 is 1.69 bits per heavy atom. The van der Waals surface area contributed by atoms with Crippen molar-refractivity contribution >= 4 is 43.5 Å². The summed E-state index contributed by atoms with van der Waals surface area (Å²) in [7, 11) is 0. The lowest BCUT2D eigenvalue weighted by atomic mass is 9.84. The molecule has 1 nitrogen and oxygen atoms in total. The van der Waals surface area contributed by atoms with Crippen molar-refractivity contribution in [3.63, 3.8) is 0 Å². The molecule has 0 saturated carbocycles. The molecule has 0 amide bonds. The summed E-state index contributed by atoms with van der Waals surface area (Å²) in [6.07, 6.45) is 0. The summed E-state index contributed by atoms with van der Waals surface area (Å²) in [5, 5.41) is 6.08. The standard InChI is InChI=1S/C44H28O/c1-3-14-29(15-4-1)32-18-7-8-19-34(32)43-37-22-11-9-20-35(37)42(36-21-10-12-23-38(36)43)31-26-27-39-41(28-31)45-40-25-13-24-33(44(39)40)30-16-5-2-6-17-30/h1-28H/i2D,5D,6D,16D,17D. The van der Waals surface area contributed by atoms with Gasteiger partial charge in [0.05, 0.1) is 6.85 Å². The maximum absolute atomic E-state index is 8.65. The van der Waals surface area contributed by atoms with Gasteiger partial charge in [-0.2, -0.15) is 0 Å². The van der Waals surface area contributed by atoms with E-state index in [-0.39, 0.29) is 29.7 Å². The Balaban J connectivity index is 1.31. The van der Waals surface area contributed by atoms with Crippen molar-refractivity contribution in [2.75, 3.05) is 0 Å². The Morgan fingerprint density at radius 1 is 0.378 bits per heavy atom. The first kappa shape index (κ1) is 20.9. The highest BCUT2D eigenvalue weighted by Crippen LogP contribution is 2.47. The number of fused-ring (bicyclic) bond motifs is 5. The van der Waals surface area contributed by atoms with Crippen LogP contribution in [0.4, 0.5) is 0 Å². The van der Waals surface area contributed by atoms with Crippen LogP contribution in [-0.4, -0.2) is 0 Å². The second kappa shape index (κ2) is 10.4. The zero-order valence-electron chi connectivity index (χ0n) is 29.2. The quantitative estimate of drug-likeness (QED) is 0.190. The van der Waals surface area contributed by atoms with Gasteiger partial charge in [0.1, 0.15) is 11.2 Å². The Kier molecular flexibility index (Phi) is 4.81. The molecule has 1 heteroatoms. The average molecular weight is 578 g/mol. The lowest BCUT2D eigenvalue weighted by Crippen LogP contribution is -1.92. The summed E-state index contributed by atoms with van der Waals surface area (Å²) in [6, 6.07) is 46.3. The third-order valence-electron chi connectivity index (χ3n) is 8.77. The van der Waals surface area contributed by atoms with Crippen LogP contribution in [0.5, 0.6) is 0 Å². The molecule has 0 aliphatic heterocycles. The van der Waals surface area contributed by atoms with Gasteiger partial charge in [-0.3, -0.25) is 0 Å². The Labute approximate surface area is 268 Å². The molecule has 9 aromatic rings. The monoisotopic (exact) mass is 577 g/mol. The zero-order chi connectivity index (χ0) is 34.1. The van der Waals surface area contributed by atoms with Gasteiger partial charge < -0.3 is 4.42 Å². The van der Waals surface area contributed by atoms with Crippen LogP contribution in [0.15, 0.2) is 174 Å². The van der Waals surface area contributed by atoms with E-state index in [1.165, 1.54) is 22.3 Å². The number of hydrogen-bond donors (Lipinski definition) is 0. The smallest absolute Gasteiger partial charge is 0.136 e. The van der Waals surface area contributed by atoms with Crippen LogP contribution < -0.4 is 0 Å². The highest BCUT2D eigenvalue weighted by Gasteiger charge is 2.20. The average Bonchev–Trinajstić information content (AvgIpc) is 3.54. The first-order valence-electron chi connectivity index (χ1n) is 17.5. The van der Waals surface area contributed by atoms with E-state index in [4.69, 9.17) is 11.3 Å². The molecule has 0 N–H and O–H groups in total. The number of benzene rings is 8. The van der Waals surface area contributed by atoms with E-state index >= 15 is 0 Å². The lowest BCUT2D eigenvalue weighted by Gasteiger charge is -2.19. The molecule has 0 unspecified atom stereocenters. The van der Waals surface area contributed by atoms with E-state index in [1.807, 2.05) is 18.2 Å². The SMILES string of the molecule is [2H]c1c([2H])c([2H])c(-c2cccc3oc4cc(-c5c6ccccc6c(-c6ccccc6-c6ccccc6)c6ccccc56)ccc4c23)c([2H])c1[2H]. The minimum absolute atomic E-state index is 0.164. The van der Waals surface area contributed by atoms with Crippen molar-refractivity contribution in [1.82, 2.24) is 0 Å². The van der Waals surface area contributed by atoms with E-state index in [2.05, 4.69) is 109 Å². The molecule has 1 aromatic heterocycles. The maximum Gasteiger partial charge on any atom is 0.136 e. The molecular formula is C44H28O. The van der Waals surface area contributed by atoms with Crippen LogP contribution in [0, 0.1) is 0 Å². The summed E-state index contributed by atoms with van der Waals surface area (Å²) >= 11 is 0. The van der Waals surface area contributed by atoms with Crippen LogP contribution in [-0.2, 0) is 0 Å². The fraction of sp³-hybridized carbons (Fsp3) is 0. The van der Waals surface area contributed by atoms with Gasteiger partial charge in [-0.1, -0.05) is 152 Å². The second-order valence-electron chi connectivity index (χ2n) is 11.2. The van der Waals surface area contributed by atoms with Gasteiger partial charge in [0, 0.05) is 10.8 Å². The van der Waals surface area contributed by atoms with Crippen molar-refractivity contribution in [1.29, 1.82) is 0 Å². The van der Waals surface area contributed by atoms with Gasteiger partial charge in [0.2, 0.25) is 0 Å². The summed E-state index contributed by atoms with van der Waals surface area (Å²) in [5.41, 5.74) is 8.75. The van der Waals surface area contributed by atoms with E-state index in [1.54, 1.807) is 12.1 Å². The topological polar surface area (TPSA) is 13.1 Å². The van der Waals surface area contributed by atoms with Crippen LogP contribution in [0.1, 0.15) is 6.85 Å². The predicted octanol–water partition coefficient (Wildman–Crippen LogP) is 12.6. The normalized spacial score (nSPS) is 13.1. The van der Waals surface area contributed by atoms with E-state index in [9.17, 15) is 0 Å². The van der Waals surface area contributed by atoms with E-state index in [0.717, 1.165) is 43.4 Å². The highest BCUT2D eigenvalue weighted by atomic mass is 16.3. The molecule has 45 heavy (non-hydrogen) atoms. The van der Waals surface area contributed by atoms with Crippen molar-refractivity contribution in [2.24, 2.45) is 0 Å². The van der Waals surface area contributed by atoms with Crippen LogP contribution in [0.3, 0.4) is 0 Å². The first-order chi connectivity index (χ1) is 24.4. The largest absolute Gasteiger partial charge is 0.456 e. The van der Waals surface area contributed by atoms with Crippen molar-refractivity contribution < 1.29 is 11.3 Å². The summed E-state index contributed by atoms with van der Waals surface area (Å²) < 4.78 is 48.4. The zero-order valence-corrected chi connectivity index (χ0v) is 24.2. The van der Waals surface area contributed by atoms with Gasteiger partial charge in [-0.25, -0.2) is 0 Å². The summed E-state index contributed by atoms with van der Waals surface area (Å²) in [4.78, 5) is 0. The summed E-state index contributed by atoms with van der Waals surface area (Å²) in [5.74, 6) is 0. The third kappa shape index (κ3) is 4.09. The summed E-state index contributed by atoms with van der Waals surface area (Å²) in [6.45, 7) is 0. The first-order valence-corrected chi connectivity index (χ1v) is 15.0. The van der Waals surface area contributed by atoms with Gasteiger partial charge >= 0.3 is 0 Å². The molecule has 8 aromatic carbocycles. The number of hydrogen-bond acceptors (Lipinski definition) is 1. The maximum atomic E-state index is 8.65. The Morgan fingerprint density at radius 2 is 0.978 bits per heavy atom. The lowest BCUT2D eigenvalue weighted by molar-refractivity contribution is 0.669. The van der Waals surface area contributed by atoms with Crippen molar-refractivity contribution in [3.8, 4) is 44.5 Å². The number of furan rings is 1. The Hall–Kier alpha value is -5.92. The van der Waals surface area contributed by atoms with Gasteiger partial charge in [-0.15, -0.1) is 0 Å². The molecule has 9 rings (SSSR count). The van der Waals surface area contributed by atoms with Crippen molar-refractivity contribution in [2.45, 2.75) is 0 Å². The van der Waals surface area contributed by atoms with E-state index in [0.29, 0.717) is 16.7 Å².